The van der Waals surface area contributed by atoms with Crippen LogP contribution in [0.4, 0.5) is 5.13 Å². The number of aryl methyl sites for hydroxylation is 2. The van der Waals surface area contributed by atoms with Gasteiger partial charge in [-0.05, 0) is 38.2 Å². The van der Waals surface area contributed by atoms with E-state index in [4.69, 9.17) is 0 Å². The molecule has 0 aliphatic carbocycles. The second-order valence-corrected chi connectivity index (χ2v) is 7.23. The molecule has 1 unspecified atom stereocenters. The number of hydrogen-bond donors (Lipinski definition) is 1. The molecule has 1 atom stereocenters. The minimum Gasteiger partial charge on any atom is -0.358 e. The maximum absolute atomic E-state index is 4.25. The first-order valence-electron chi connectivity index (χ1n) is 7.67. The van der Waals surface area contributed by atoms with Crippen molar-refractivity contribution in [3.8, 4) is 0 Å². The summed E-state index contributed by atoms with van der Waals surface area (Å²) >= 11 is 1.68. The van der Waals surface area contributed by atoms with Crippen LogP contribution in [-0.4, -0.2) is 16.2 Å². The molecule has 21 heavy (non-hydrogen) atoms. The van der Waals surface area contributed by atoms with E-state index >= 15 is 0 Å². The lowest BCUT2D eigenvalue weighted by atomic mass is 10.0. The summed E-state index contributed by atoms with van der Waals surface area (Å²) in [7, 11) is 0. The molecule has 0 saturated heterocycles. The van der Waals surface area contributed by atoms with Crippen molar-refractivity contribution in [1.82, 2.24) is 10.2 Å². The molecule has 114 valence electrons. The topological polar surface area (TPSA) is 37.8 Å². The SMILES string of the molecule is Cc1cccc(CCC(C)Nc2nnc(CC(C)C)s2)c1. The van der Waals surface area contributed by atoms with E-state index in [1.165, 1.54) is 11.1 Å². The highest BCUT2D eigenvalue weighted by molar-refractivity contribution is 7.15. The Morgan fingerprint density at radius 1 is 1.19 bits per heavy atom. The molecule has 0 radical (unpaired) electrons. The van der Waals surface area contributed by atoms with Gasteiger partial charge in [-0.3, -0.25) is 0 Å². The van der Waals surface area contributed by atoms with Crippen LogP contribution in [0, 0.1) is 12.8 Å². The fraction of sp³-hybridized carbons (Fsp3) is 0.529. The van der Waals surface area contributed by atoms with E-state index in [1.54, 1.807) is 11.3 Å². The van der Waals surface area contributed by atoms with Gasteiger partial charge in [-0.25, -0.2) is 0 Å². The van der Waals surface area contributed by atoms with Crippen molar-refractivity contribution in [2.24, 2.45) is 5.92 Å². The molecule has 0 saturated carbocycles. The van der Waals surface area contributed by atoms with Crippen LogP contribution < -0.4 is 5.32 Å². The molecule has 4 heteroatoms. The summed E-state index contributed by atoms with van der Waals surface area (Å²) in [5, 5.41) is 14.0. The number of benzene rings is 1. The standard InChI is InChI=1S/C17H25N3S/c1-12(2)10-16-19-20-17(21-16)18-14(4)8-9-15-7-5-6-13(3)11-15/h5-7,11-12,14H,8-10H2,1-4H3,(H,18,20). The van der Waals surface area contributed by atoms with Gasteiger partial charge in [-0.1, -0.05) is 55.0 Å². The highest BCUT2D eigenvalue weighted by atomic mass is 32.1. The molecule has 1 aromatic carbocycles. The molecule has 0 amide bonds. The van der Waals surface area contributed by atoms with Crippen molar-refractivity contribution in [3.05, 3.63) is 40.4 Å². The number of aromatic nitrogens is 2. The lowest BCUT2D eigenvalue weighted by Crippen LogP contribution is -2.15. The van der Waals surface area contributed by atoms with Gasteiger partial charge in [0.05, 0.1) is 0 Å². The summed E-state index contributed by atoms with van der Waals surface area (Å²) in [6.45, 7) is 8.76. The monoisotopic (exact) mass is 303 g/mol. The largest absolute Gasteiger partial charge is 0.358 e. The van der Waals surface area contributed by atoms with Gasteiger partial charge < -0.3 is 5.32 Å². The average Bonchev–Trinajstić information content (AvgIpc) is 2.83. The van der Waals surface area contributed by atoms with E-state index in [0.29, 0.717) is 12.0 Å². The second-order valence-electron chi connectivity index (χ2n) is 6.17. The van der Waals surface area contributed by atoms with Gasteiger partial charge in [-0.2, -0.15) is 0 Å². The van der Waals surface area contributed by atoms with Crippen molar-refractivity contribution >= 4 is 16.5 Å². The molecule has 2 aromatic rings. The van der Waals surface area contributed by atoms with Crippen molar-refractivity contribution in [2.75, 3.05) is 5.32 Å². The van der Waals surface area contributed by atoms with Crippen LogP contribution in [0.2, 0.25) is 0 Å². The van der Waals surface area contributed by atoms with E-state index in [9.17, 15) is 0 Å². The van der Waals surface area contributed by atoms with Crippen LogP contribution >= 0.6 is 11.3 Å². The van der Waals surface area contributed by atoms with Gasteiger partial charge in [0.1, 0.15) is 5.01 Å². The molecule has 0 aliphatic rings. The molecular formula is C17H25N3S. The van der Waals surface area contributed by atoms with Crippen molar-refractivity contribution < 1.29 is 0 Å². The van der Waals surface area contributed by atoms with Crippen LogP contribution in [0.3, 0.4) is 0 Å². The van der Waals surface area contributed by atoms with Crippen molar-refractivity contribution in [1.29, 1.82) is 0 Å². The van der Waals surface area contributed by atoms with Gasteiger partial charge >= 0.3 is 0 Å². The Balaban J connectivity index is 1.81. The lowest BCUT2D eigenvalue weighted by molar-refractivity contribution is 0.639. The Morgan fingerprint density at radius 2 is 2.00 bits per heavy atom. The van der Waals surface area contributed by atoms with E-state index < -0.39 is 0 Å². The van der Waals surface area contributed by atoms with E-state index in [0.717, 1.165) is 29.4 Å². The summed E-state index contributed by atoms with van der Waals surface area (Å²) in [6, 6.07) is 9.14. The number of nitrogens with zero attached hydrogens (tertiary/aromatic N) is 2. The third-order valence-corrected chi connectivity index (χ3v) is 4.24. The Hall–Kier alpha value is -1.42. The number of rotatable bonds is 7. The van der Waals surface area contributed by atoms with Gasteiger partial charge in [0.25, 0.3) is 0 Å². The zero-order valence-electron chi connectivity index (χ0n) is 13.4. The normalized spacial score (nSPS) is 12.6. The summed E-state index contributed by atoms with van der Waals surface area (Å²) in [6.07, 6.45) is 3.20. The number of hydrogen-bond acceptors (Lipinski definition) is 4. The smallest absolute Gasteiger partial charge is 0.205 e. The first-order valence-corrected chi connectivity index (χ1v) is 8.49. The quantitative estimate of drug-likeness (QED) is 0.819. The highest BCUT2D eigenvalue weighted by Gasteiger charge is 2.09. The minimum atomic E-state index is 0.408. The van der Waals surface area contributed by atoms with Gasteiger partial charge in [0.2, 0.25) is 5.13 Å². The predicted octanol–water partition coefficient (Wildman–Crippen LogP) is 4.48. The van der Waals surface area contributed by atoms with E-state index in [2.05, 4.69) is 67.5 Å². The van der Waals surface area contributed by atoms with Crippen LogP contribution in [0.15, 0.2) is 24.3 Å². The first-order chi connectivity index (χ1) is 10.0. The zero-order valence-corrected chi connectivity index (χ0v) is 14.2. The molecule has 3 nitrogen and oxygen atoms in total. The van der Waals surface area contributed by atoms with Crippen LogP contribution in [0.1, 0.15) is 43.3 Å². The minimum absolute atomic E-state index is 0.408. The van der Waals surface area contributed by atoms with Crippen LogP contribution in [0.5, 0.6) is 0 Å². The number of nitrogens with one attached hydrogen (secondary N) is 1. The number of anilines is 1. The lowest BCUT2D eigenvalue weighted by Gasteiger charge is -2.12. The molecule has 0 bridgehead atoms. The third-order valence-electron chi connectivity index (χ3n) is 3.37. The Labute approximate surface area is 131 Å². The van der Waals surface area contributed by atoms with Crippen LogP contribution in [-0.2, 0) is 12.8 Å². The predicted molar refractivity (Wildman–Crippen MR) is 91.0 cm³/mol. The van der Waals surface area contributed by atoms with Crippen LogP contribution in [0.25, 0.3) is 0 Å². The fourth-order valence-electron chi connectivity index (χ4n) is 2.28. The Morgan fingerprint density at radius 3 is 2.71 bits per heavy atom. The molecular weight excluding hydrogens is 278 g/mol. The molecule has 2 rings (SSSR count). The second kappa shape index (κ2) is 7.55. The summed E-state index contributed by atoms with van der Waals surface area (Å²) in [5.74, 6) is 0.629. The Kier molecular flexibility index (Phi) is 5.74. The zero-order chi connectivity index (χ0) is 15.2. The summed E-state index contributed by atoms with van der Waals surface area (Å²) in [4.78, 5) is 0. The molecule has 0 aliphatic heterocycles. The van der Waals surface area contributed by atoms with Gasteiger partial charge in [0.15, 0.2) is 0 Å². The molecule has 1 heterocycles. The maximum atomic E-state index is 4.25. The van der Waals surface area contributed by atoms with E-state index in [-0.39, 0.29) is 0 Å². The molecule has 0 fully saturated rings. The average molecular weight is 303 g/mol. The summed E-state index contributed by atoms with van der Waals surface area (Å²) < 4.78 is 0. The fourth-order valence-corrected chi connectivity index (χ4v) is 3.34. The van der Waals surface area contributed by atoms with Crippen molar-refractivity contribution in [2.45, 2.75) is 53.0 Å². The maximum Gasteiger partial charge on any atom is 0.205 e. The first kappa shape index (κ1) is 16.0. The third kappa shape index (κ3) is 5.46. The summed E-state index contributed by atoms with van der Waals surface area (Å²) in [5.41, 5.74) is 2.73. The highest BCUT2D eigenvalue weighted by Crippen LogP contribution is 2.20. The van der Waals surface area contributed by atoms with Gasteiger partial charge in [0, 0.05) is 12.5 Å². The van der Waals surface area contributed by atoms with Gasteiger partial charge in [-0.15, -0.1) is 10.2 Å². The van der Waals surface area contributed by atoms with E-state index in [1.807, 2.05) is 0 Å². The molecule has 0 spiro atoms. The Bertz CT molecular complexity index is 563. The van der Waals surface area contributed by atoms with Crippen molar-refractivity contribution in [3.63, 3.8) is 0 Å². The molecule has 1 aromatic heterocycles. The molecule has 1 N–H and O–H groups in total.